The summed E-state index contributed by atoms with van der Waals surface area (Å²) in [5.74, 6) is 0.497. The number of hydrogen-bond donors (Lipinski definition) is 1. The molecule has 1 aromatic carbocycles. The van der Waals surface area contributed by atoms with Crippen LogP contribution in [0.3, 0.4) is 0 Å². The Hall–Kier alpha value is -2.31. The number of thiazole rings is 1. The lowest BCUT2D eigenvalue weighted by molar-refractivity contribution is 0.0996. The third-order valence-corrected chi connectivity index (χ3v) is 4.01. The number of amides is 1. The largest absolute Gasteiger partial charge is 0.486 e. The van der Waals surface area contributed by atoms with Gasteiger partial charge in [-0.1, -0.05) is 11.6 Å². The van der Waals surface area contributed by atoms with Gasteiger partial charge in [-0.05, 0) is 30.3 Å². The number of furan rings is 1. The molecule has 2 heterocycles. The maximum atomic E-state index is 11.4. The average Bonchev–Trinajstić information content (AvgIpc) is 3.16. The van der Waals surface area contributed by atoms with Crippen molar-refractivity contribution in [1.82, 2.24) is 4.98 Å². The molecule has 0 fully saturated rings. The van der Waals surface area contributed by atoms with E-state index in [4.69, 9.17) is 26.5 Å². The van der Waals surface area contributed by atoms with Crippen LogP contribution in [0.15, 0.2) is 46.4 Å². The lowest BCUT2D eigenvalue weighted by atomic mass is 10.2. The van der Waals surface area contributed by atoms with Crippen LogP contribution in [-0.2, 0) is 6.61 Å². The van der Waals surface area contributed by atoms with Crippen molar-refractivity contribution >= 4 is 28.8 Å². The highest BCUT2D eigenvalue weighted by Gasteiger charge is 2.12. The van der Waals surface area contributed by atoms with E-state index < -0.39 is 5.91 Å². The minimum absolute atomic E-state index is 0.221. The van der Waals surface area contributed by atoms with Crippen LogP contribution in [0.1, 0.15) is 16.1 Å². The molecule has 0 spiro atoms. The van der Waals surface area contributed by atoms with Crippen LogP contribution in [0.5, 0.6) is 5.75 Å². The summed E-state index contributed by atoms with van der Waals surface area (Å²) < 4.78 is 10.9. The van der Waals surface area contributed by atoms with Crippen molar-refractivity contribution in [2.75, 3.05) is 0 Å². The lowest BCUT2D eigenvalue weighted by Gasteiger charge is -2.08. The van der Waals surface area contributed by atoms with Gasteiger partial charge in [0, 0.05) is 10.4 Å². The number of ether oxygens (including phenoxy) is 1. The van der Waals surface area contributed by atoms with Gasteiger partial charge in [0.05, 0.1) is 17.5 Å². The summed E-state index contributed by atoms with van der Waals surface area (Å²) in [6.45, 7) is 0.221. The Kier molecular flexibility index (Phi) is 4.13. The standard InChI is InChI=1S/C15H11ClN2O3S/c16-9-3-4-12(11(6-9)14(17)19)21-7-10-8-22-15(18-10)13-2-1-5-20-13/h1-6,8H,7H2,(H2,17,19). The molecule has 0 radical (unpaired) electrons. The molecule has 0 bridgehead atoms. The fourth-order valence-corrected chi connectivity index (χ4v) is 2.80. The van der Waals surface area contributed by atoms with Gasteiger partial charge in [-0.25, -0.2) is 4.98 Å². The van der Waals surface area contributed by atoms with E-state index in [2.05, 4.69) is 4.98 Å². The third-order valence-electron chi connectivity index (χ3n) is 2.87. The van der Waals surface area contributed by atoms with Crippen LogP contribution in [0.25, 0.3) is 10.8 Å². The highest BCUT2D eigenvalue weighted by molar-refractivity contribution is 7.13. The lowest BCUT2D eigenvalue weighted by Crippen LogP contribution is -2.13. The summed E-state index contributed by atoms with van der Waals surface area (Å²) >= 11 is 7.31. The summed E-state index contributed by atoms with van der Waals surface area (Å²) in [6.07, 6.45) is 1.60. The molecule has 1 amide bonds. The van der Waals surface area contributed by atoms with E-state index in [0.29, 0.717) is 16.5 Å². The zero-order valence-corrected chi connectivity index (χ0v) is 12.9. The van der Waals surface area contributed by atoms with Gasteiger partial charge in [0.25, 0.3) is 5.91 Å². The van der Waals surface area contributed by atoms with Crippen molar-refractivity contribution in [3.63, 3.8) is 0 Å². The Balaban J connectivity index is 1.74. The zero-order valence-electron chi connectivity index (χ0n) is 11.3. The highest BCUT2D eigenvalue weighted by Crippen LogP contribution is 2.26. The number of nitrogens with two attached hydrogens (primary N) is 1. The average molecular weight is 335 g/mol. The van der Waals surface area contributed by atoms with E-state index in [1.54, 1.807) is 24.5 Å². The van der Waals surface area contributed by atoms with Crippen molar-refractivity contribution in [2.45, 2.75) is 6.61 Å². The predicted molar refractivity (Wildman–Crippen MR) is 84.1 cm³/mol. The van der Waals surface area contributed by atoms with E-state index in [-0.39, 0.29) is 12.2 Å². The number of carbonyl (C=O) groups is 1. The molecule has 0 saturated heterocycles. The van der Waals surface area contributed by atoms with Crippen molar-refractivity contribution < 1.29 is 13.9 Å². The second-order valence-corrected chi connectivity index (χ2v) is 5.71. The molecule has 2 aromatic heterocycles. The number of rotatable bonds is 5. The van der Waals surface area contributed by atoms with Gasteiger partial charge in [0.1, 0.15) is 12.4 Å². The van der Waals surface area contributed by atoms with Gasteiger partial charge in [0.15, 0.2) is 10.8 Å². The van der Waals surface area contributed by atoms with Crippen LogP contribution in [0.4, 0.5) is 0 Å². The molecule has 0 unspecified atom stereocenters. The summed E-state index contributed by atoms with van der Waals surface area (Å²) in [5, 5.41) is 3.07. The molecule has 3 rings (SSSR count). The second kappa shape index (κ2) is 6.21. The molecule has 0 aliphatic carbocycles. The topological polar surface area (TPSA) is 78.4 Å². The molecule has 5 nitrogen and oxygen atoms in total. The molecule has 7 heteroatoms. The SMILES string of the molecule is NC(=O)c1cc(Cl)ccc1OCc1csc(-c2ccco2)n1. The van der Waals surface area contributed by atoms with Gasteiger partial charge >= 0.3 is 0 Å². The van der Waals surface area contributed by atoms with Gasteiger partial charge in [-0.2, -0.15) is 0 Å². The Bertz CT molecular complexity index is 799. The van der Waals surface area contributed by atoms with Crippen LogP contribution >= 0.6 is 22.9 Å². The van der Waals surface area contributed by atoms with E-state index in [9.17, 15) is 4.79 Å². The molecule has 0 saturated carbocycles. The fourth-order valence-electron chi connectivity index (χ4n) is 1.86. The highest BCUT2D eigenvalue weighted by atomic mass is 35.5. The maximum Gasteiger partial charge on any atom is 0.252 e. The Morgan fingerprint density at radius 2 is 2.27 bits per heavy atom. The number of carbonyl (C=O) groups excluding carboxylic acids is 1. The van der Waals surface area contributed by atoms with E-state index in [1.807, 2.05) is 11.4 Å². The first-order valence-electron chi connectivity index (χ1n) is 6.34. The van der Waals surface area contributed by atoms with Gasteiger partial charge in [-0.3, -0.25) is 4.79 Å². The molecule has 0 atom stereocenters. The van der Waals surface area contributed by atoms with Crippen LogP contribution in [0.2, 0.25) is 5.02 Å². The predicted octanol–water partition coefficient (Wildman–Crippen LogP) is 3.73. The number of aromatic nitrogens is 1. The molecule has 22 heavy (non-hydrogen) atoms. The first kappa shape index (κ1) is 14.6. The summed E-state index contributed by atoms with van der Waals surface area (Å²) in [4.78, 5) is 15.8. The Labute approximate surface area is 135 Å². The van der Waals surface area contributed by atoms with Crippen molar-refractivity contribution in [1.29, 1.82) is 0 Å². The molecular weight excluding hydrogens is 324 g/mol. The minimum Gasteiger partial charge on any atom is -0.486 e. The summed E-state index contributed by atoms with van der Waals surface area (Å²) in [5.41, 5.74) is 6.30. The number of benzene rings is 1. The first-order valence-corrected chi connectivity index (χ1v) is 7.59. The smallest absolute Gasteiger partial charge is 0.252 e. The van der Waals surface area contributed by atoms with Crippen molar-refractivity contribution in [3.05, 3.63) is 58.3 Å². The second-order valence-electron chi connectivity index (χ2n) is 4.41. The monoisotopic (exact) mass is 334 g/mol. The summed E-state index contributed by atoms with van der Waals surface area (Å²) in [6, 6.07) is 8.38. The number of nitrogens with zero attached hydrogens (tertiary/aromatic N) is 1. The number of halogens is 1. The van der Waals surface area contributed by atoms with E-state index in [1.165, 1.54) is 17.4 Å². The van der Waals surface area contributed by atoms with E-state index >= 15 is 0 Å². The number of primary amides is 1. The summed E-state index contributed by atoms with van der Waals surface area (Å²) in [7, 11) is 0. The van der Waals surface area contributed by atoms with Gasteiger partial charge in [0.2, 0.25) is 0 Å². The third kappa shape index (κ3) is 3.13. The molecule has 0 aliphatic rings. The quantitative estimate of drug-likeness (QED) is 0.771. The molecule has 0 aliphatic heterocycles. The molecule has 2 N–H and O–H groups in total. The normalized spacial score (nSPS) is 10.6. The van der Waals surface area contributed by atoms with Crippen molar-refractivity contribution in [3.8, 4) is 16.5 Å². The Morgan fingerprint density at radius 3 is 3.00 bits per heavy atom. The van der Waals surface area contributed by atoms with Gasteiger partial charge in [-0.15, -0.1) is 11.3 Å². The molecule has 112 valence electrons. The van der Waals surface area contributed by atoms with Crippen molar-refractivity contribution in [2.24, 2.45) is 5.73 Å². The van der Waals surface area contributed by atoms with Crippen LogP contribution in [-0.4, -0.2) is 10.9 Å². The number of hydrogen-bond acceptors (Lipinski definition) is 5. The minimum atomic E-state index is -0.591. The molecular formula is C15H11ClN2O3S. The van der Waals surface area contributed by atoms with Crippen LogP contribution in [0, 0.1) is 0 Å². The first-order chi connectivity index (χ1) is 10.6. The Morgan fingerprint density at radius 1 is 1.41 bits per heavy atom. The van der Waals surface area contributed by atoms with Gasteiger partial charge < -0.3 is 14.9 Å². The van der Waals surface area contributed by atoms with Crippen LogP contribution < -0.4 is 10.5 Å². The molecule has 3 aromatic rings. The van der Waals surface area contributed by atoms with E-state index in [0.717, 1.165) is 10.7 Å². The fraction of sp³-hybridized carbons (Fsp3) is 0.0667. The zero-order chi connectivity index (χ0) is 15.5. The maximum absolute atomic E-state index is 11.4.